The Morgan fingerprint density at radius 1 is 0.714 bits per heavy atom. The van der Waals surface area contributed by atoms with Gasteiger partial charge in [0.15, 0.2) is 0 Å². The fourth-order valence-corrected chi connectivity index (χ4v) is 2.27. The van der Waals surface area contributed by atoms with Crippen molar-refractivity contribution in [2.75, 3.05) is 0 Å². The highest BCUT2D eigenvalue weighted by molar-refractivity contribution is 7.79. The maximum absolute atomic E-state index is 4.33. The third-order valence-electron chi connectivity index (χ3n) is 2.44. The Balaban J connectivity index is 2.77. The van der Waals surface area contributed by atoms with Gasteiger partial charge in [-0.05, 0) is 21.9 Å². The molecule has 0 aromatic heterocycles. The fourth-order valence-electron chi connectivity index (χ4n) is 1.72. The zero-order valence-electron chi connectivity index (χ0n) is 7.77. The minimum atomic E-state index is 0.785. The third-order valence-corrected chi connectivity index (χ3v) is 3.12. The zero-order chi connectivity index (χ0) is 9.97. The van der Waals surface area contributed by atoms with Gasteiger partial charge in [0.1, 0.15) is 0 Å². The SMILES string of the molecule is SCc1cccc2c(CS)cccc12. The Hall–Kier alpha value is -0.600. The van der Waals surface area contributed by atoms with E-state index in [0.717, 1.165) is 11.5 Å². The summed E-state index contributed by atoms with van der Waals surface area (Å²) >= 11 is 8.66. The first-order valence-electron chi connectivity index (χ1n) is 4.58. The van der Waals surface area contributed by atoms with E-state index in [9.17, 15) is 0 Å². The second kappa shape index (κ2) is 4.28. The molecule has 0 N–H and O–H groups in total. The molecule has 0 aliphatic rings. The van der Waals surface area contributed by atoms with Crippen LogP contribution in [0.5, 0.6) is 0 Å². The quantitative estimate of drug-likeness (QED) is 0.708. The van der Waals surface area contributed by atoms with Crippen LogP contribution < -0.4 is 0 Å². The Morgan fingerprint density at radius 3 is 1.50 bits per heavy atom. The number of fused-ring (bicyclic) bond motifs is 1. The summed E-state index contributed by atoms with van der Waals surface area (Å²) in [7, 11) is 0. The van der Waals surface area contributed by atoms with Gasteiger partial charge in [-0.15, -0.1) is 0 Å². The molecule has 2 heteroatoms. The summed E-state index contributed by atoms with van der Waals surface area (Å²) in [5.74, 6) is 1.57. The van der Waals surface area contributed by atoms with Gasteiger partial charge < -0.3 is 0 Å². The average molecular weight is 220 g/mol. The molecule has 0 amide bonds. The molecule has 72 valence electrons. The van der Waals surface area contributed by atoms with Crippen LogP contribution in [-0.2, 0) is 11.5 Å². The smallest absolute Gasteiger partial charge is 0.0160 e. The molecule has 0 spiro atoms. The van der Waals surface area contributed by atoms with Crippen molar-refractivity contribution in [2.45, 2.75) is 11.5 Å². The summed E-state index contributed by atoms with van der Waals surface area (Å²) in [6.07, 6.45) is 0. The van der Waals surface area contributed by atoms with Crippen LogP contribution in [-0.4, -0.2) is 0 Å². The van der Waals surface area contributed by atoms with Crippen LogP contribution in [0.2, 0.25) is 0 Å². The van der Waals surface area contributed by atoms with E-state index in [4.69, 9.17) is 0 Å². The fraction of sp³-hybridized carbons (Fsp3) is 0.167. The van der Waals surface area contributed by atoms with Crippen molar-refractivity contribution in [1.82, 2.24) is 0 Å². The minimum absolute atomic E-state index is 0.785. The second-order valence-electron chi connectivity index (χ2n) is 3.25. The molecule has 0 bridgehead atoms. The van der Waals surface area contributed by atoms with Gasteiger partial charge in [0, 0.05) is 11.5 Å². The Bertz CT molecular complexity index is 406. The zero-order valence-corrected chi connectivity index (χ0v) is 9.56. The molecule has 2 aromatic rings. The van der Waals surface area contributed by atoms with Gasteiger partial charge in [-0.3, -0.25) is 0 Å². The van der Waals surface area contributed by atoms with E-state index in [2.05, 4.69) is 61.7 Å². The molecule has 2 rings (SSSR count). The van der Waals surface area contributed by atoms with Crippen molar-refractivity contribution < 1.29 is 0 Å². The van der Waals surface area contributed by atoms with Crippen LogP contribution in [0.15, 0.2) is 36.4 Å². The lowest BCUT2D eigenvalue weighted by Crippen LogP contribution is -1.86. The van der Waals surface area contributed by atoms with E-state index in [1.54, 1.807) is 0 Å². The van der Waals surface area contributed by atoms with Gasteiger partial charge >= 0.3 is 0 Å². The predicted octanol–water partition coefficient (Wildman–Crippen LogP) is 3.70. The molecule has 0 aliphatic carbocycles. The molecule has 0 radical (unpaired) electrons. The van der Waals surface area contributed by atoms with E-state index >= 15 is 0 Å². The Morgan fingerprint density at radius 2 is 1.14 bits per heavy atom. The molecular formula is C12H12S2. The standard InChI is InChI=1S/C12H12S2/c13-7-9-3-1-5-11-10(8-14)4-2-6-12(9)11/h1-6,13-14H,7-8H2. The lowest BCUT2D eigenvalue weighted by molar-refractivity contribution is 1.43. The normalized spacial score (nSPS) is 10.7. The maximum Gasteiger partial charge on any atom is 0.0160 e. The second-order valence-corrected chi connectivity index (χ2v) is 3.88. The van der Waals surface area contributed by atoms with Crippen LogP contribution in [0.4, 0.5) is 0 Å². The molecule has 2 aromatic carbocycles. The van der Waals surface area contributed by atoms with Gasteiger partial charge in [0.25, 0.3) is 0 Å². The Labute approximate surface area is 95.2 Å². The van der Waals surface area contributed by atoms with Crippen LogP contribution in [0.1, 0.15) is 11.1 Å². The molecule has 14 heavy (non-hydrogen) atoms. The molecule has 0 atom stereocenters. The van der Waals surface area contributed by atoms with E-state index in [1.165, 1.54) is 21.9 Å². The van der Waals surface area contributed by atoms with Gasteiger partial charge in [-0.25, -0.2) is 0 Å². The number of thiol groups is 2. The van der Waals surface area contributed by atoms with Crippen LogP contribution in [0.3, 0.4) is 0 Å². The third kappa shape index (κ3) is 1.64. The molecule has 0 fully saturated rings. The van der Waals surface area contributed by atoms with Crippen molar-refractivity contribution >= 4 is 36.0 Å². The summed E-state index contributed by atoms with van der Waals surface area (Å²) in [6, 6.07) is 12.7. The number of hydrogen-bond acceptors (Lipinski definition) is 2. The maximum atomic E-state index is 4.33. The summed E-state index contributed by atoms with van der Waals surface area (Å²) in [4.78, 5) is 0. The summed E-state index contributed by atoms with van der Waals surface area (Å²) in [5, 5.41) is 2.60. The summed E-state index contributed by atoms with van der Waals surface area (Å²) in [6.45, 7) is 0. The van der Waals surface area contributed by atoms with E-state index in [1.807, 2.05) is 0 Å². The lowest BCUT2D eigenvalue weighted by atomic mass is 10.0. The molecule has 0 heterocycles. The number of benzene rings is 2. The molecule has 0 saturated heterocycles. The largest absolute Gasteiger partial charge is 0.175 e. The lowest BCUT2D eigenvalue weighted by Gasteiger charge is -2.07. The topological polar surface area (TPSA) is 0 Å². The number of hydrogen-bond donors (Lipinski definition) is 2. The first kappa shape index (κ1) is 9.94. The van der Waals surface area contributed by atoms with Crippen LogP contribution >= 0.6 is 25.3 Å². The van der Waals surface area contributed by atoms with E-state index < -0.39 is 0 Å². The first-order valence-corrected chi connectivity index (χ1v) is 5.84. The Kier molecular flexibility index (Phi) is 3.04. The molecule has 0 aliphatic heterocycles. The van der Waals surface area contributed by atoms with Crippen LogP contribution in [0.25, 0.3) is 10.8 Å². The predicted molar refractivity (Wildman–Crippen MR) is 69.3 cm³/mol. The van der Waals surface area contributed by atoms with Crippen LogP contribution in [0, 0.1) is 0 Å². The van der Waals surface area contributed by atoms with Crippen molar-refractivity contribution in [3.63, 3.8) is 0 Å². The van der Waals surface area contributed by atoms with Crippen molar-refractivity contribution in [2.24, 2.45) is 0 Å². The van der Waals surface area contributed by atoms with Gasteiger partial charge in [0.05, 0.1) is 0 Å². The highest BCUT2D eigenvalue weighted by Crippen LogP contribution is 2.24. The molecule has 0 unspecified atom stereocenters. The summed E-state index contributed by atoms with van der Waals surface area (Å²) in [5.41, 5.74) is 2.57. The monoisotopic (exact) mass is 220 g/mol. The van der Waals surface area contributed by atoms with E-state index in [-0.39, 0.29) is 0 Å². The van der Waals surface area contributed by atoms with Crippen molar-refractivity contribution in [1.29, 1.82) is 0 Å². The number of rotatable bonds is 2. The van der Waals surface area contributed by atoms with E-state index in [0.29, 0.717) is 0 Å². The average Bonchev–Trinajstić information content (AvgIpc) is 2.27. The highest BCUT2D eigenvalue weighted by Gasteiger charge is 2.01. The highest BCUT2D eigenvalue weighted by atomic mass is 32.1. The minimum Gasteiger partial charge on any atom is -0.175 e. The van der Waals surface area contributed by atoms with Gasteiger partial charge in [-0.1, -0.05) is 36.4 Å². The van der Waals surface area contributed by atoms with Crippen molar-refractivity contribution in [3.05, 3.63) is 47.5 Å². The van der Waals surface area contributed by atoms with Crippen molar-refractivity contribution in [3.8, 4) is 0 Å². The first-order chi connectivity index (χ1) is 6.86. The molecule has 0 saturated carbocycles. The molecule has 0 nitrogen and oxygen atoms in total. The summed E-state index contributed by atoms with van der Waals surface area (Å²) < 4.78 is 0. The van der Waals surface area contributed by atoms with Gasteiger partial charge in [-0.2, -0.15) is 25.3 Å². The molecular weight excluding hydrogens is 208 g/mol. The van der Waals surface area contributed by atoms with Gasteiger partial charge in [0.2, 0.25) is 0 Å².